The molecule has 5 nitrogen and oxygen atoms in total. The molecule has 0 bridgehead atoms. The van der Waals surface area contributed by atoms with E-state index in [1.165, 1.54) is 0 Å². The third-order valence-corrected chi connectivity index (χ3v) is 6.43. The molecule has 1 saturated carbocycles. The number of aliphatic carboxylic acids is 1. The number of benzene rings is 3. The van der Waals surface area contributed by atoms with E-state index in [4.69, 9.17) is 11.6 Å². The van der Waals surface area contributed by atoms with Crippen molar-refractivity contribution in [3.8, 4) is 22.3 Å². The summed E-state index contributed by atoms with van der Waals surface area (Å²) in [5.41, 5.74) is 2.70. The fourth-order valence-electron chi connectivity index (χ4n) is 4.14. The first-order valence-electron chi connectivity index (χ1n) is 10.6. The Labute approximate surface area is 191 Å². The van der Waals surface area contributed by atoms with Gasteiger partial charge in [0.15, 0.2) is 0 Å². The maximum absolute atomic E-state index is 13.0. The van der Waals surface area contributed by atoms with Crippen LogP contribution < -0.4 is 5.32 Å². The number of rotatable bonds is 5. The van der Waals surface area contributed by atoms with Crippen LogP contribution in [0.25, 0.3) is 22.3 Å². The van der Waals surface area contributed by atoms with Crippen LogP contribution in [0.5, 0.6) is 0 Å². The summed E-state index contributed by atoms with van der Waals surface area (Å²) in [6.07, 6.45) is 0.534. The van der Waals surface area contributed by atoms with Crippen LogP contribution in [0.2, 0.25) is 5.02 Å². The lowest BCUT2D eigenvalue weighted by atomic mass is 9.80. The Bertz CT molecular complexity index is 1120. The highest BCUT2D eigenvalue weighted by Crippen LogP contribution is 2.32. The molecule has 1 aliphatic carbocycles. The van der Waals surface area contributed by atoms with Gasteiger partial charge in [-0.15, -0.1) is 0 Å². The number of amides is 1. The van der Waals surface area contributed by atoms with Crippen LogP contribution in [0, 0.1) is 0 Å². The summed E-state index contributed by atoms with van der Waals surface area (Å²) < 4.78 is 0. The predicted molar refractivity (Wildman–Crippen MR) is 125 cm³/mol. The molecular weight excluding hydrogens is 426 g/mol. The van der Waals surface area contributed by atoms with Crippen molar-refractivity contribution in [2.24, 2.45) is 0 Å². The molecule has 3 aromatic rings. The molecule has 32 heavy (non-hydrogen) atoms. The minimum atomic E-state index is -1.37. The van der Waals surface area contributed by atoms with E-state index in [0.29, 0.717) is 29.0 Å². The van der Waals surface area contributed by atoms with Gasteiger partial charge >= 0.3 is 5.97 Å². The molecule has 1 fully saturated rings. The number of aliphatic hydroxyl groups excluding tert-OH is 1. The number of carbonyl (C=O) groups excluding carboxylic acids is 1. The van der Waals surface area contributed by atoms with E-state index in [0.717, 1.165) is 16.7 Å². The largest absolute Gasteiger partial charge is 0.480 e. The van der Waals surface area contributed by atoms with Gasteiger partial charge in [0.25, 0.3) is 5.91 Å². The molecule has 4 rings (SSSR count). The zero-order valence-electron chi connectivity index (χ0n) is 17.4. The van der Waals surface area contributed by atoms with E-state index in [1.54, 1.807) is 18.2 Å². The first-order chi connectivity index (χ1) is 15.4. The number of carboxylic acid groups (broad SMARTS) is 1. The lowest BCUT2D eigenvalue weighted by Gasteiger charge is -2.35. The number of nitrogens with one attached hydrogen (secondary N) is 1. The first-order valence-corrected chi connectivity index (χ1v) is 11.0. The maximum Gasteiger partial charge on any atom is 0.329 e. The second-order valence-corrected chi connectivity index (χ2v) is 8.62. The van der Waals surface area contributed by atoms with Crippen LogP contribution in [0.3, 0.4) is 0 Å². The summed E-state index contributed by atoms with van der Waals surface area (Å²) in [4.78, 5) is 24.9. The fraction of sp³-hybridized carbons (Fsp3) is 0.231. The minimum absolute atomic E-state index is 0.191. The molecule has 0 saturated heterocycles. The van der Waals surface area contributed by atoms with Crippen LogP contribution in [0.1, 0.15) is 36.0 Å². The van der Waals surface area contributed by atoms with Crippen molar-refractivity contribution in [3.63, 3.8) is 0 Å². The van der Waals surface area contributed by atoms with Gasteiger partial charge in [0, 0.05) is 16.1 Å². The van der Waals surface area contributed by atoms with Crippen LogP contribution in [0.4, 0.5) is 0 Å². The predicted octanol–water partition coefficient (Wildman–Crippen LogP) is 5.16. The molecule has 0 spiro atoms. The third-order valence-electron chi connectivity index (χ3n) is 6.10. The van der Waals surface area contributed by atoms with Crippen LogP contribution >= 0.6 is 11.6 Å². The summed E-state index contributed by atoms with van der Waals surface area (Å²) >= 11 is 6.42. The summed E-state index contributed by atoms with van der Waals surface area (Å²) in [6, 6.07) is 22.8. The summed E-state index contributed by atoms with van der Waals surface area (Å²) in [5, 5.41) is 22.7. The van der Waals surface area contributed by atoms with E-state index in [2.05, 4.69) is 5.32 Å². The van der Waals surface area contributed by atoms with E-state index in [9.17, 15) is 19.8 Å². The average molecular weight is 450 g/mol. The van der Waals surface area contributed by atoms with Crippen LogP contribution in [-0.4, -0.2) is 33.7 Å². The van der Waals surface area contributed by atoms with Crippen molar-refractivity contribution in [1.82, 2.24) is 5.32 Å². The molecule has 6 heteroatoms. The molecule has 3 aromatic carbocycles. The zero-order chi connectivity index (χ0) is 22.7. The Morgan fingerprint density at radius 3 is 2.09 bits per heavy atom. The lowest BCUT2D eigenvalue weighted by Crippen LogP contribution is -2.56. The van der Waals surface area contributed by atoms with Gasteiger partial charge in [-0.1, -0.05) is 66.2 Å². The standard InChI is InChI=1S/C26H24ClNO4/c27-23-11-10-20(24(30)28-26(25(31)32)14-12-21(29)13-15-26)16-22(23)19-8-6-18(7-9-19)17-4-2-1-3-5-17/h1-11,16,21,29H,12-15H2,(H,28,30)(H,31,32). The van der Waals surface area contributed by atoms with E-state index < -0.39 is 23.5 Å². The van der Waals surface area contributed by atoms with Crippen LogP contribution in [-0.2, 0) is 4.79 Å². The molecule has 0 aromatic heterocycles. The Hall–Kier alpha value is -3.15. The highest BCUT2D eigenvalue weighted by Gasteiger charge is 2.43. The monoisotopic (exact) mass is 449 g/mol. The number of halogens is 1. The van der Waals surface area contributed by atoms with Gasteiger partial charge in [0.1, 0.15) is 5.54 Å². The minimum Gasteiger partial charge on any atom is -0.480 e. The van der Waals surface area contributed by atoms with Gasteiger partial charge in [0.05, 0.1) is 6.10 Å². The molecule has 0 radical (unpaired) electrons. The molecule has 1 aliphatic rings. The Morgan fingerprint density at radius 1 is 0.875 bits per heavy atom. The highest BCUT2D eigenvalue weighted by atomic mass is 35.5. The summed E-state index contributed by atoms with van der Waals surface area (Å²) in [7, 11) is 0. The third kappa shape index (κ3) is 4.54. The second-order valence-electron chi connectivity index (χ2n) is 8.21. The van der Waals surface area contributed by atoms with Gasteiger partial charge in [-0.3, -0.25) is 4.79 Å². The summed E-state index contributed by atoms with van der Waals surface area (Å²) in [5.74, 6) is -1.55. The zero-order valence-corrected chi connectivity index (χ0v) is 18.2. The van der Waals surface area contributed by atoms with Crippen molar-refractivity contribution < 1.29 is 19.8 Å². The van der Waals surface area contributed by atoms with Crippen molar-refractivity contribution in [3.05, 3.63) is 83.4 Å². The fourth-order valence-corrected chi connectivity index (χ4v) is 4.36. The van der Waals surface area contributed by atoms with Crippen molar-refractivity contribution in [1.29, 1.82) is 0 Å². The second kappa shape index (κ2) is 9.15. The van der Waals surface area contributed by atoms with Gasteiger partial charge in [-0.25, -0.2) is 4.79 Å². The topological polar surface area (TPSA) is 86.6 Å². The Morgan fingerprint density at radius 2 is 1.47 bits per heavy atom. The maximum atomic E-state index is 13.0. The molecule has 0 aliphatic heterocycles. The molecule has 0 unspecified atom stereocenters. The first kappa shape index (κ1) is 22.1. The Balaban J connectivity index is 1.58. The molecule has 3 N–H and O–H groups in total. The van der Waals surface area contributed by atoms with Gasteiger partial charge < -0.3 is 15.5 Å². The van der Waals surface area contributed by atoms with E-state index in [-0.39, 0.29) is 12.8 Å². The van der Waals surface area contributed by atoms with Gasteiger partial charge in [0.2, 0.25) is 0 Å². The quantitative estimate of drug-likeness (QED) is 0.502. The van der Waals surface area contributed by atoms with Crippen molar-refractivity contribution in [2.75, 3.05) is 0 Å². The molecule has 164 valence electrons. The normalized spacial score (nSPS) is 20.5. The number of hydrogen-bond donors (Lipinski definition) is 3. The molecule has 0 atom stereocenters. The smallest absolute Gasteiger partial charge is 0.329 e. The Kier molecular flexibility index (Phi) is 6.31. The lowest BCUT2D eigenvalue weighted by molar-refractivity contribution is -0.146. The average Bonchev–Trinajstić information content (AvgIpc) is 2.81. The van der Waals surface area contributed by atoms with Crippen LogP contribution in [0.15, 0.2) is 72.8 Å². The van der Waals surface area contributed by atoms with Crippen molar-refractivity contribution >= 4 is 23.5 Å². The van der Waals surface area contributed by atoms with E-state index >= 15 is 0 Å². The highest BCUT2D eigenvalue weighted by molar-refractivity contribution is 6.33. The molecule has 1 amide bonds. The SMILES string of the molecule is O=C(NC1(C(=O)O)CCC(O)CC1)c1ccc(Cl)c(-c2ccc(-c3ccccc3)cc2)c1. The number of aliphatic hydroxyl groups is 1. The van der Waals surface area contributed by atoms with Gasteiger partial charge in [-0.05, 0) is 60.6 Å². The van der Waals surface area contributed by atoms with Crippen molar-refractivity contribution in [2.45, 2.75) is 37.3 Å². The van der Waals surface area contributed by atoms with Gasteiger partial charge in [-0.2, -0.15) is 0 Å². The number of carboxylic acids is 1. The molecular formula is C26H24ClNO4. The summed E-state index contributed by atoms with van der Waals surface area (Å²) in [6.45, 7) is 0. The number of carbonyl (C=O) groups is 2. The molecule has 0 heterocycles. The van der Waals surface area contributed by atoms with E-state index in [1.807, 2.05) is 54.6 Å². The number of hydrogen-bond acceptors (Lipinski definition) is 3.